The van der Waals surface area contributed by atoms with Crippen LogP contribution in [0.2, 0.25) is 0 Å². The molecule has 3 N–H and O–H groups in total. The van der Waals surface area contributed by atoms with Gasteiger partial charge in [-0.15, -0.1) is 0 Å². The molecule has 2 aromatic rings. The van der Waals surface area contributed by atoms with Crippen LogP contribution in [-0.4, -0.2) is 41.6 Å². The van der Waals surface area contributed by atoms with Gasteiger partial charge in [-0.2, -0.15) is 0 Å². The molecule has 156 valence electrons. The SMILES string of the molecule is NC(=O)C(CNC(=O)CCN1C(=O)c2ccc(Br)cc2C1=O)Cc1ccc(F)cc1. The topological polar surface area (TPSA) is 110 Å². The molecule has 1 atom stereocenters. The Morgan fingerprint density at radius 2 is 1.73 bits per heavy atom. The van der Waals surface area contributed by atoms with Crippen molar-refractivity contribution in [3.8, 4) is 0 Å². The molecule has 30 heavy (non-hydrogen) atoms. The molecule has 0 fully saturated rings. The lowest BCUT2D eigenvalue weighted by atomic mass is 9.98. The summed E-state index contributed by atoms with van der Waals surface area (Å²) in [5, 5.41) is 2.61. The molecule has 0 radical (unpaired) electrons. The van der Waals surface area contributed by atoms with E-state index in [1.807, 2.05) is 0 Å². The summed E-state index contributed by atoms with van der Waals surface area (Å²) in [5.74, 6) is -2.96. The molecule has 0 aliphatic carbocycles. The maximum absolute atomic E-state index is 13.0. The van der Waals surface area contributed by atoms with Crippen molar-refractivity contribution in [3.63, 3.8) is 0 Å². The summed E-state index contributed by atoms with van der Waals surface area (Å²) >= 11 is 3.26. The van der Waals surface area contributed by atoms with Gasteiger partial charge in [0, 0.05) is 24.0 Å². The number of hydrogen-bond acceptors (Lipinski definition) is 4. The first-order valence-corrected chi connectivity index (χ1v) is 10.0. The molecule has 1 aliphatic rings. The quantitative estimate of drug-likeness (QED) is 0.569. The first kappa shape index (κ1) is 21.6. The molecule has 7 nitrogen and oxygen atoms in total. The third kappa shape index (κ3) is 4.91. The summed E-state index contributed by atoms with van der Waals surface area (Å²) in [6, 6.07) is 10.5. The van der Waals surface area contributed by atoms with E-state index in [9.17, 15) is 23.6 Å². The molecule has 1 heterocycles. The van der Waals surface area contributed by atoms with Crippen molar-refractivity contribution in [1.29, 1.82) is 0 Å². The van der Waals surface area contributed by atoms with Gasteiger partial charge in [0.2, 0.25) is 11.8 Å². The molecular formula is C21H19BrFN3O4. The van der Waals surface area contributed by atoms with Crippen LogP contribution in [0, 0.1) is 11.7 Å². The Bertz CT molecular complexity index is 1010. The highest BCUT2D eigenvalue weighted by Gasteiger charge is 2.35. The molecule has 0 spiro atoms. The Morgan fingerprint density at radius 3 is 2.40 bits per heavy atom. The van der Waals surface area contributed by atoms with E-state index >= 15 is 0 Å². The van der Waals surface area contributed by atoms with Gasteiger partial charge in [-0.25, -0.2) is 4.39 Å². The van der Waals surface area contributed by atoms with Crippen LogP contribution in [-0.2, 0) is 16.0 Å². The lowest BCUT2D eigenvalue weighted by Gasteiger charge is -2.16. The van der Waals surface area contributed by atoms with Gasteiger partial charge in [0.05, 0.1) is 17.0 Å². The number of nitrogens with two attached hydrogens (primary N) is 1. The van der Waals surface area contributed by atoms with Gasteiger partial charge in [-0.3, -0.25) is 24.1 Å². The van der Waals surface area contributed by atoms with Crippen molar-refractivity contribution in [3.05, 3.63) is 69.4 Å². The Balaban J connectivity index is 1.52. The van der Waals surface area contributed by atoms with Crippen LogP contribution >= 0.6 is 15.9 Å². The van der Waals surface area contributed by atoms with Crippen LogP contribution < -0.4 is 11.1 Å². The Hall–Kier alpha value is -3.07. The number of benzene rings is 2. The number of hydrogen-bond donors (Lipinski definition) is 2. The molecule has 4 amide bonds. The number of fused-ring (bicyclic) bond motifs is 1. The second-order valence-corrected chi connectivity index (χ2v) is 7.85. The minimum atomic E-state index is -0.670. The van der Waals surface area contributed by atoms with Crippen molar-refractivity contribution < 1.29 is 23.6 Å². The Morgan fingerprint density at radius 1 is 1.07 bits per heavy atom. The average molecular weight is 476 g/mol. The van der Waals surface area contributed by atoms with Gasteiger partial charge in [-0.1, -0.05) is 28.1 Å². The second-order valence-electron chi connectivity index (χ2n) is 6.94. The summed E-state index contributed by atoms with van der Waals surface area (Å²) < 4.78 is 13.7. The van der Waals surface area contributed by atoms with Crippen LogP contribution in [0.5, 0.6) is 0 Å². The monoisotopic (exact) mass is 475 g/mol. The molecule has 3 rings (SSSR count). The van der Waals surface area contributed by atoms with E-state index in [0.29, 0.717) is 21.2 Å². The fraction of sp³-hybridized carbons (Fsp3) is 0.238. The first-order valence-electron chi connectivity index (χ1n) is 9.22. The highest BCUT2D eigenvalue weighted by atomic mass is 79.9. The number of carbonyl (C=O) groups excluding carboxylic acids is 4. The Labute approximate surface area is 180 Å². The zero-order chi connectivity index (χ0) is 21.8. The first-order chi connectivity index (χ1) is 14.3. The molecule has 2 aromatic carbocycles. The van der Waals surface area contributed by atoms with Gasteiger partial charge in [0.15, 0.2) is 0 Å². The zero-order valence-electron chi connectivity index (χ0n) is 15.9. The summed E-state index contributed by atoms with van der Waals surface area (Å²) in [6.07, 6.45) is 0.151. The lowest BCUT2D eigenvalue weighted by molar-refractivity contribution is -0.123. The molecule has 1 unspecified atom stereocenters. The van der Waals surface area contributed by atoms with Crippen molar-refractivity contribution in [2.24, 2.45) is 11.7 Å². The minimum Gasteiger partial charge on any atom is -0.369 e. The summed E-state index contributed by atoms with van der Waals surface area (Å²) in [4.78, 5) is 49.7. The van der Waals surface area contributed by atoms with Crippen molar-refractivity contribution >= 4 is 39.6 Å². The Kier molecular flexibility index (Phi) is 6.61. The maximum Gasteiger partial charge on any atom is 0.261 e. The predicted octanol–water partition coefficient (Wildman–Crippen LogP) is 2.03. The third-order valence-corrected chi connectivity index (χ3v) is 5.33. The molecule has 9 heteroatoms. The standard InChI is InChI=1S/C21H19BrFN3O4/c22-14-3-6-16-17(10-14)21(30)26(20(16)29)8-7-18(27)25-11-13(19(24)28)9-12-1-4-15(23)5-2-12/h1-6,10,13H,7-9,11H2,(H2,24,28)(H,25,27). The largest absolute Gasteiger partial charge is 0.369 e. The third-order valence-electron chi connectivity index (χ3n) is 4.84. The zero-order valence-corrected chi connectivity index (χ0v) is 17.4. The average Bonchev–Trinajstić information content (AvgIpc) is 2.94. The second kappa shape index (κ2) is 9.17. The van der Waals surface area contributed by atoms with Gasteiger partial charge >= 0.3 is 0 Å². The molecule has 0 saturated heterocycles. The maximum atomic E-state index is 13.0. The number of nitrogens with zero attached hydrogens (tertiary/aromatic N) is 1. The summed E-state index contributed by atoms with van der Waals surface area (Å²) in [6.45, 7) is -0.0738. The van der Waals surface area contributed by atoms with Crippen LogP contribution in [0.4, 0.5) is 4.39 Å². The van der Waals surface area contributed by atoms with E-state index in [1.54, 1.807) is 30.3 Å². The molecular weight excluding hydrogens is 457 g/mol. The lowest BCUT2D eigenvalue weighted by Crippen LogP contribution is -2.39. The van der Waals surface area contributed by atoms with Gasteiger partial charge in [0.1, 0.15) is 5.82 Å². The number of rotatable bonds is 8. The fourth-order valence-corrected chi connectivity index (χ4v) is 3.54. The van der Waals surface area contributed by atoms with Crippen molar-refractivity contribution in [2.75, 3.05) is 13.1 Å². The molecule has 0 saturated carbocycles. The number of imide groups is 1. The summed E-state index contributed by atoms with van der Waals surface area (Å²) in [5.41, 5.74) is 6.72. The van der Waals surface area contributed by atoms with E-state index in [2.05, 4.69) is 21.2 Å². The van der Waals surface area contributed by atoms with E-state index in [0.717, 1.165) is 4.90 Å². The molecule has 1 aliphatic heterocycles. The van der Waals surface area contributed by atoms with Crippen LogP contribution in [0.25, 0.3) is 0 Å². The van der Waals surface area contributed by atoms with Gasteiger partial charge in [0.25, 0.3) is 11.8 Å². The normalized spacial score (nSPS) is 13.9. The summed E-state index contributed by atoms with van der Waals surface area (Å²) in [7, 11) is 0. The van der Waals surface area contributed by atoms with Crippen LogP contribution in [0.3, 0.4) is 0 Å². The van der Waals surface area contributed by atoms with Crippen LogP contribution in [0.15, 0.2) is 46.9 Å². The van der Waals surface area contributed by atoms with E-state index in [1.165, 1.54) is 12.1 Å². The van der Waals surface area contributed by atoms with E-state index in [4.69, 9.17) is 5.73 Å². The van der Waals surface area contributed by atoms with Crippen molar-refractivity contribution in [2.45, 2.75) is 12.8 Å². The highest BCUT2D eigenvalue weighted by molar-refractivity contribution is 9.10. The number of carbonyl (C=O) groups is 4. The highest BCUT2D eigenvalue weighted by Crippen LogP contribution is 2.26. The van der Waals surface area contributed by atoms with E-state index in [-0.39, 0.29) is 31.7 Å². The van der Waals surface area contributed by atoms with Gasteiger partial charge in [-0.05, 0) is 42.3 Å². The molecule has 0 bridgehead atoms. The number of amides is 4. The minimum absolute atomic E-state index is 0.000603. The van der Waals surface area contributed by atoms with Crippen molar-refractivity contribution in [1.82, 2.24) is 10.2 Å². The fourth-order valence-electron chi connectivity index (χ4n) is 3.18. The smallest absolute Gasteiger partial charge is 0.261 e. The predicted molar refractivity (Wildman–Crippen MR) is 110 cm³/mol. The number of nitrogens with one attached hydrogen (secondary N) is 1. The number of halogens is 2. The van der Waals surface area contributed by atoms with Crippen LogP contribution in [0.1, 0.15) is 32.7 Å². The van der Waals surface area contributed by atoms with Gasteiger partial charge < -0.3 is 11.1 Å². The number of primary amides is 1. The molecule has 0 aromatic heterocycles. The van der Waals surface area contributed by atoms with E-state index < -0.39 is 29.5 Å².